The van der Waals surface area contributed by atoms with E-state index < -0.39 is 0 Å². The first-order valence-corrected chi connectivity index (χ1v) is 5.58. The van der Waals surface area contributed by atoms with Crippen molar-refractivity contribution >= 4 is 17.9 Å². The van der Waals surface area contributed by atoms with Crippen LogP contribution in [0.2, 0.25) is 0 Å². The van der Waals surface area contributed by atoms with Crippen LogP contribution in [-0.4, -0.2) is 12.2 Å². The molecule has 0 aliphatic carbocycles. The van der Waals surface area contributed by atoms with Gasteiger partial charge in [0.25, 0.3) is 0 Å². The lowest BCUT2D eigenvalue weighted by molar-refractivity contribution is -0.116. The van der Waals surface area contributed by atoms with Gasteiger partial charge >= 0.3 is 0 Å². The molecule has 16 heavy (non-hydrogen) atoms. The van der Waals surface area contributed by atoms with E-state index >= 15 is 0 Å². The maximum atomic E-state index is 11.3. The fourth-order valence-electron chi connectivity index (χ4n) is 1.43. The number of carbonyl (C=O) groups excluding carboxylic acids is 2. The van der Waals surface area contributed by atoms with Crippen molar-refractivity contribution in [3.63, 3.8) is 0 Å². The fourth-order valence-corrected chi connectivity index (χ4v) is 1.43. The van der Waals surface area contributed by atoms with Crippen molar-refractivity contribution in [3.05, 3.63) is 29.8 Å². The topological polar surface area (TPSA) is 46.2 Å². The molecule has 1 aromatic rings. The third kappa shape index (κ3) is 4.26. The molecule has 0 radical (unpaired) electrons. The number of hydrogen-bond acceptors (Lipinski definition) is 2. The van der Waals surface area contributed by atoms with E-state index in [9.17, 15) is 9.59 Å². The van der Waals surface area contributed by atoms with E-state index in [4.69, 9.17) is 0 Å². The van der Waals surface area contributed by atoms with Gasteiger partial charge in [0, 0.05) is 18.5 Å². The second kappa shape index (κ2) is 6.77. The van der Waals surface area contributed by atoms with E-state index in [1.165, 1.54) is 0 Å². The number of rotatable bonds is 6. The molecular formula is C13H17NO2. The van der Waals surface area contributed by atoms with Crippen molar-refractivity contribution in [2.24, 2.45) is 0 Å². The molecule has 0 spiro atoms. The van der Waals surface area contributed by atoms with Crippen LogP contribution in [0.4, 0.5) is 5.69 Å². The van der Waals surface area contributed by atoms with Gasteiger partial charge < -0.3 is 10.1 Å². The molecule has 3 heteroatoms. The van der Waals surface area contributed by atoms with Crippen molar-refractivity contribution < 1.29 is 9.59 Å². The lowest BCUT2D eigenvalue weighted by Crippen LogP contribution is -2.10. The molecule has 0 fully saturated rings. The van der Waals surface area contributed by atoms with Gasteiger partial charge in [0.15, 0.2) is 0 Å². The molecule has 0 bridgehead atoms. The van der Waals surface area contributed by atoms with Crippen molar-refractivity contribution in [2.75, 3.05) is 5.32 Å². The Kier molecular flexibility index (Phi) is 5.26. The molecule has 0 atom stereocenters. The largest absolute Gasteiger partial charge is 0.326 e. The highest BCUT2D eigenvalue weighted by Gasteiger charge is 2.00. The Morgan fingerprint density at radius 3 is 2.56 bits per heavy atom. The summed E-state index contributed by atoms with van der Waals surface area (Å²) in [6, 6.07) is 7.61. The fraction of sp³-hybridized carbons (Fsp3) is 0.385. The average molecular weight is 219 g/mol. The maximum absolute atomic E-state index is 11.3. The molecule has 0 aromatic heterocycles. The van der Waals surface area contributed by atoms with E-state index in [0.29, 0.717) is 12.8 Å². The zero-order chi connectivity index (χ0) is 11.8. The Balaban J connectivity index is 2.50. The highest BCUT2D eigenvalue weighted by molar-refractivity contribution is 5.90. The predicted octanol–water partition coefficient (Wildman–Crippen LogP) is 2.56. The van der Waals surface area contributed by atoms with Gasteiger partial charge in [-0.05, 0) is 30.5 Å². The van der Waals surface area contributed by atoms with E-state index in [-0.39, 0.29) is 5.91 Å². The lowest BCUT2D eigenvalue weighted by Gasteiger charge is -2.05. The first kappa shape index (κ1) is 12.4. The van der Waals surface area contributed by atoms with E-state index in [1.807, 2.05) is 31.2 Å². The number of aldehydes is 1. The number of anilines is 1. The van der Waals surface area contributed by atoms with Crippen LogP contribution in [0.3, 0.4) is 0 Å². The van der Waals surface area contributed by atoms with Crippen LogP contribution >= 0.6 is 0 Å². The van der Waals surface area contributed by atoms with E-state index in [1.54, 1.807) is 0 Å². The second-order valence-electron chi connectivity index (χ2n) is 3.70. The standard InChI is InChI=1S/C13H17NO2/c1-2-4-13(16)14-12-8-6-11(7-9-12)5-3-10-15/h6-10H,2-5H2,1H3,(H,14,16). The van der Waals surface area contributed by atoms with Crippen molar-refractivity contribution in [1.29, 1.82) is 0 Å². The van der Waals surface area contributed by atoms with Gasteiger partial charge in [0.05, 0.1) is 0 Å². The third-order valence-corrected chi connectivity index (χ3v) is 2.27. The molecule has 86 valence electrons. The Bertz CT molecular complexity index is 343. The molecule has 0 saturated heterocycles. The maximum Gasteiger partial charge on any atom is 0.224 e. The summed E-state index contributed by atoms with van der Waals surface area (Å²) in [5, 5.41) is 2.82. The molecule has 1 N–H and O–H groups in total. The Morgan fingerprint density at radius 2 is 2.00 bits per heavy atom. The summed E-state index contributed by atoms with van der Waals surface area (Å²) < 4.78 is 0. The molecular weight excluding hydrogens is 202 g/mol. The van der Waals surface area contributed by atoms with Gasteiger partial charge in [0.2, 0.25) is 5.91 Å². The molecule has 0 aliphatic heterocycles. The highest BCUT2D eigenvalue weighted by atomic mass is 16.1. The van der Waals surface area contributed by atoms with Gasteiger partial charge in [-0.25, -0.2) is 0 Å². The average Bonchev–Trinajstić information content (AvgIpc) is 2.28. The van der Waals surface area contributed by atoms with Crippen LogP contribution in [0.5, 0.6) is 0 Å². The number of aryl methyl sites for hydroxylation is 1. The van der Waals surface area contributed by atoms with Gasteiger partial charge in [0.1, 0.15) is 6.29 Å². The van der Waals surface area contributed by atoms with Crippen LogP contribution < -0.4 is 5.32 Å². The summed E-state index contributed by atoms with van der Waals surface area (Å²) in [5.41, 5.74) is 1.92. The van der Waals surface area contributed by atoms with Crippen LogP contribution in [0, 0.1) is 0 Å². The first-order chi connectivity index (χ1) is 7.76. The van der Waals surface area contributed by atoms with Gasteiger partial charge in [-0.1, -0.05) is 19.1 Å². The molecule has 1 rings (SSSR count). The Morgan fingerprint density at radius 1 is 1.31 bits per heavy atom. The normalized spacial score (nSPS) is 9.81. The molecule has 3 nitrogen and oxygen atoms in total. The Hall–Kier alpha value is -1.64. The van der Waals surface area contributed by atoms with E-state index in [2.05, 4.69) is 5.32 Å². The minimum atomic E-state index is 0.0446. The van der Waals surface area contributed by atoms with Gasteiger partial charge in [-0.3, -0.25) is 4.79 Å². The van der Waals surface area contributed by atoms with Crippen LogP contribution in [0.15, 0.2) is 24.3 Å². The summed E-state index contributed by atoms with van der Waals surface area (Å²) in [7, 11) is 0. The number of benzene rings is 1. The first-order valence-electron chi connectivity index (χ1n) is 5.58. The SMILES string of the molecule is CCCC(=O)Nc1ccc(CCC=O)cc1. The minimum absolute atomic E-state index is 0.0446. The molecule has 0 heterocycles. The third-order valence-electron chi connectivity index (χ3n) is 2.27. The highest BCUT2D eigenvalue weighted by Crippen LogP contribution is 2.11. The van der Waals surface area contributed by atoms with Crippen molar-refractivity contribution in [1.82, 2.24) is 0 Å². The molecule has 0 unspecified atom stereocenters. The number of hydrogen-bond donors (Lipinski definition) is 1. The zero-order valence-corrected chi connectivity index (χ0v) is 9.53. The summed E-state index contributed by atoms with van der Waals surface area (Å²) >= 11 is 0. The van der Waals surface area contributed by atoms with Crippen LogP contribution in [-0.2, 0) is 16.0 Å². The number of carbonyl (C=O) groups is 2. The minimum Gasteiger partial charge on any atom is -0.326 e. The van der Waals surface area contributed by atoms with Crippen molar-refractivity contribution in [2.45, 2.75) is 32.6 Å². The smallest absolute Gasteiger partial charge is 0.224 e. The van der Waals surface area contributed by atoms with Crippen LogP contribution in [0.1, 0.15) is 31.7 Å². The summed E-state index contributed by atoms with van der Waals surface area (Å²) in [6.45, 7) is 1.97. The summed E-state index contributed by atoms with van der Waals surface area (Å²) in [5.74, 6) is 0.0446. The predicted molar refractivity (Wildman–Crippen MR) is 64.4 cm³/mol. The summed E-state index contributed by atoms with van der Waals surface area (Å²) in [4.78, 5) is 21.5. The molecule has 0 saturated carbocycles. The molecule has 1 aromatic carbocycles. The number of nitrogens with one attached hydrogen (secondary N) is 1. The monoisotopic (exact) mass is 219 g/mol. The molecule has 1 amide bonds. The van der Waals surface area contributed by atoms with Crippen LogP contribution in [0.25, 0.3) is 0 Å². The van der Waals surface area contributed by atoms with E-state index in [0.717, 1.165) is 30.4 Å². The summed E-state index contributed by atoms with van der Waals surface area (Å²) in [6.07, 6.45) is 3.61. The van der Waals surface area contributed by atoms with Gasteiger partial charge in [-0.15, -0.1) is 0 Å². The Labute approximate surface area is 95.9 Å². The van der Waals surface area contributed by atoms with Gasteiger partial charge in [-0.2, -0.15) is 0 Å². The second-order valence-corrected chi connectivity index (χ2v) is 3.70. The molecule has 0 aliphatic rings. The zero-order valence-electron chi connectivity index (χ0n) is 9.53. The van der Waals surface area contributed by atoms with Crippen molar-refractivity contribution in [3.8, 4) is 0 Å². The number of amides is 1. The lowest BCUT2D eigenvalue weighted by atomic mass is 10.1. The quantitative estimate of drug-likeness (QED) is 0.747.